The smallest absolute Gasteiger partial charge is 0.121 e. The SMILES string of the molecule is CCOc1ccc2scnc2c1. The van der Waals surface area contributed by atoms with Crippen molar-refractivity contribution >= 4 is 21.6 Å². The molecule has 0 saturated heterocycles. The minimum atomic E-state index is 0.704. The predicted molar refractivity (Wildman–Crippen MR) is 50.8 cm³/mol. The number of nitrogens with zero attached hydrogens (tertiary/aromatic N) is 1. The van der Waals surface area contributed by atoms with Crippen LogP contribution in [0.1, 0.15) is 6.92 Å². The number of aromatic nitrogens is 1. The summed E-state index contributed by atoms with van der Waals surface area (Å²) in [5.41, 5.74) is 2.87. The van der Waals surface area contributed by atoms with Crippen molar-refractivity contribution in [3.05, 3.63) is 23.7 Å². The Kier molecular flexibility index (Phi) is 1.96. The largest absolute Gasteiger partial charge is 0.494 e. The van der Waals surface area contributed by atoms with Gasteiger partial charge in [-0.05, 0) is 19.1 Å². The van der Waals surface area contributed by atoms with E-state index in [4.69, 9.17) is 4.74 Å². The van der Waals surface area contributed by atoms with E-state index in [1.54, 1.807) is 11.3 Å². The zero-order valence-electron chi connectivity index (χ0n) is 6.78. The lowest BCUT2D eigenvalue weighted by Crippen LogP contribution is -1.90. The molecule has 0 N–H and O–H groups in total. The molecule has 0 aliphatic carbocycles. The molecule has 0 aliphatic heterocycles. The predicted octanol–water partition coefficient (Wildman–Crippen LogP) is 2.70. The molecule has 0 aliphatic rings. The molecule has 3 heteroatoms. The number of benzene rings is 1. The normalized spacial score (nSPS) is 10.4. The Hall–Kier alpha value is -1.09. The van der Waals surface area contributed by atoms with Gasteiger partial charge in [-0.1, -0.05) is 0 Å². The average Bonchev–Trinajstić information content (AvgIpc) is 2.51. The van der Waals surface area contributed by atoms with Crippen LogP contribution in [0, 0.1) is 0 Å². The zero-order valence-corrected chi connectivity index (χ0v) is 7.60. The van der Waals surface area contributed by atoms with Gasteiger partial charge in [0.1, 0.15) is 5.75 Å². The van der Waals surface area contributed by atoms with Crippen LogP contribution in [-0.4, -0.2) is 11.6 Å². The summed E-state index contributed by atoms with van der Waals surface area (Å²) in [5, 5.41) is 0. The molecule has 1 aromatic carbocycles. The summed E-state index contributed by atoms with van der Waals surface area (Å²) in [6, 6.07) is 5.98. The Morgan fingerprint density at radius 1 is 1.50 bits per heavy atom. The van der Waals surface area contributed by atoms with Gasteiger partial charge in [-0.15, -0.1) is 11.3 Å². The molecule has 1 aromatic heterocycles. The van der Waals surface area contributed by atoms with E-state index in [0.717, 1.165) is 11.3 Å². The molecule has 0 saturated carbocycles. The number of rotatable bonds is 2. The van der Waals surface area contributed by atoms with Gasteiger partial charge in [-0.3, -0.25) is 0 Å². The van der Waals surface area contributed by atoms with E-state index in [1.165, 1.54) is 4.70 Å². The molecule has 12 heavy (non-hydrogen) atoms. The fourth-order valence-electron chi connectivity index (χ4n) is 1.09. The van der Waals surface area contributed by atoms with Crippen molar-refractivity contribution < 1.29 is 4.74 Å². The minimum absolute atomic E-state index is 0.704. The van der Waals surface area contributed by atoms with Gasteiger partial charge in [0.2, 0.25) is 0 Å². The first-order valence-corrected chi connectivity index (χ1v) is 4.74. The molecule has 62 valence electrons. The van der Waals surface area contributed by atoms with Gasteiger partial charge in [0.05, 0.1) is 22.3 Å². The molecule has 0 unspecified atom stereocenters. The molecule has 2 rings (SSSR count). The van der Waals surface area contributed by atoms with Crippen LogP contribution in [0.15, 0.2) is 23.7 Å². The summed E-state index contributed by atoms with van der Waals surface area (Å²) in [4.78, 5) is 4.20. The van der Waals surface area contributed by atoms with Crippen molar-refractivity contribution in [3.63, 3.8) is 0 Å². The van der Waals surface area contributed by atoms with E-state index in [-0.39, 0.29) is 0 Å². The Morgan fingerprint density at radius 3 is 3.25 bits per heavy atom. The van der Waals surface area contributed by atoms with Crippen molar-refractivity contribution in [2.75, 3.05) is 6.61 Å². The second-order valence-corrected chi connectivity index (χ2v) is 3.30. The summed E-state index contributed by atoms with van der Waals surface area (Å²) in [6.07, 6.45) is 0. The highest BCUT2D eigenvalue weighted by molar-refractivity contribution is 7.16. The van der Waals surface area contributed by atoms with Crippen LogP contribution >= 0.6 is 11.3 Å². The van der Waals surface area contributed by atoms with E-state index in [0.29, 0.717) is 6.61 Å². The Bertz CT molecular complexity index is 383. The summed E-state index contributed by atoms with van der Waals surface area (Å²) < 4.78 is 6.55. The van der Waals surface area contributed by atoms with E-state index in [9.17, 15) is 0 Å². The van der Waals surface area contributed by atoms with Gasteiger partial charge < -0.3 is 4.74 Å². The van der Waals surface area contributed by atoms with Crippen molar-refractivity contribution in [3.8, 4) is 5.75 Å². The second kappa shape index (κ2) is 3.11. The maximum atomic E-state index is 5.35. The van der Waals surface area contributed by atoms with Gasteiger partial charge in [0, 0.05) is 6.07 Å². The van der Waals surface area contributed by atoms with Crippen LogP contribution in [0.3, 0.4) is 0 Å². The summed E-state index contributed by atoms with van der Waals surface area (Å²) in [6.45, 7) is 2.68. The summed E-state index contributed by atoms with van der Waals surface area (Å²) in [5.74, 6) is 0.899. The molecular weight excluding hydrogens is 170 g/mol. The first-order chi connectivity index (χ1) is 5.90. The van der Waals surface area contributed by atoms with Gasteiger partial charge in [0.15, 0.2) is 0 Å². The van der Waals surface area contributed by atoms with Crippen LogP contribution in [0.25, 0.3) is 10.2 Å². The van der Waals surface area contributed by atoms with E-state index >= 15 is 0 Å². The fourth-order valence-corrected chi connectivity index (χ4v) is 1.75. The first-order valence-electron chi connectivity index (χ1n) is 3.86. The highest BCUT2D eigenvalue weighted by Gasteiger charge is 1.97. The molecule has 1 heterocycles. The van der Waals surface area contributed by atoms with Gasteiger partial charge in [0.25, 0.3) is 0 Å². The monoisotopic (exact) mass is 179 g/mol. The van der Waals surface area contributed by atoms with Crippen LogP contribution in [0.2, 0.25) is 0 Å². The maximum absolute atomic E-state index is 5.35. The molecule has 0 amide bonds. The molecule has 0 bridgehead atoms. The third-order valence-electron chi connectivity index (χ3n) is 1.61. The fraction of sp³-hybridized carbons (Fsp3) is 0.222. The lowest BCUT2D eigenvalue weighted by molar-refractivity contribution is 0.340. The van der Waals surface area contributed by atoms with Crippen LogP contribution in [-0.2, 0) is 0 Å². The van der Waals surface area contributed by atoms with Crippen molar-refractivity contribution in [2.45, 2.75) is 6.92 Å². The van der Waals surface area contributed by atoms with Crippen LogP contribution in [0.5, 0.6) is 5.75 Å². The molecular formula is C9H9NOS. The summed E-state index contributed by atoms with van der Waals surface area (Å²) >= 11 is 1.65. The first kappa shape index (κ1) is 7.55. The van der Waals surface area contributed by atoms with E-state index in [1.807, 2.05) is 30.6 Å². The van der Waals surface area contributed by atoms with Crippen LogP contribution in [0.4, 0.5) is 0 Å². The van der Waals surface area contributed by atoms with Gasteiger partial charge in [-0.25, -0.2) is 4.98 Å². The second-order valence-electron chi connectivity index (χ2n) is 2.41. The van der Waals surface area contributed by atoms with E-state index in [2.05, 4.69) is 4.98 Å². The Balaban J connectivity index is 2.46. The number of hydrogen-bond donors (Lipinski definition) is 0. The quantitative estimate of drug-likeness (QED) is 0.707. The Morgan fingerprint density at radius 2 is 2.42 bits per heavy atom. The third-order valence-corrected chi connectivity index (χ3v) is 2.42. The number of thiazole rings is 1. The number of ether oxygens (including phenoxy) is 1. The van der Waals surface area contributed by atoms with Crippen molar-refractivity contribution in [1.29, 1.82) is 0 Å². The Labute approximate surface area is 74.8 Å². The molecule has 0 radical (unpaired) electrons. The minimum Gasteiger partial charge on any atom is -0.494 e. The lowest BCUT2D eigenvalue weighted by atomic mass is 10.3. The van der Waals surface area contributed by atoms with Gasteiger partial charge >= 0.3 is 0 Å². The van der Waals surface area contributed by atoms with E-state index < -0.39 is 0 Å². The zero-order chi connectivity index (χ0) is 8.39. The molecule has 2 aromatic rings. The maximum Gasteiger partial charge on any atom is 0.121 e. The standard InChI is InChI=1S/C9H9NOS/c1-2-11-7-3-4-9-8(5-7)10-6-12-9/h3-6H,2H2,1H3. The average molecular weight is 179 g/mol. The molecule has 2 nitrogen and oxygen atoms in total. The van der Waals surface area contributed by atoms with Crippen LogP contribution < -0.4 is 4.74 Å². The van der Waals surface area contributed by atoms with Crippen molar-refractivity contribution in [1.82, 2.24) is 4.98 Å². The number of fused-ring (bicyclic) bond motifs is 1. The van der Waals surface area contributed by atoms with Gasteiger partial charge in [-0.2, -0.15) is 0 Å². The third kappa shape index (κ3) is 1.28. The topological polar surface area (TPSA) is 22.1 Å². The molecule has 0 spiro atoms. The van der Waals surface area contributed by atoms with Crippen molar-refractivity contribution in [2.24, 2.45) is 0 Å². The molecule has 0 fully saturated rings. The highest BCUT2D eigenvalue weighted by Crippen LogP contribution is 2.22. The highest BCUT2D eigenvalue weighted by atomic mass is 32.1. The molecule has 0 atom stereocenters. The lowest BCUT2D eigenvalue weighted by Gasteiger charge is -2.00. The summed E-state index contributed by atoms with van der Waals surface area (Å²) in [7, 11) is 0. The number of hydrogen-bond acceptors (Lipinski definition) is 3.